The third-order valence-corrected chi connectivity index (χ3v) is 4.19. The third kappa shape index (κ3) is 5.43. The number of carbonyl (C=O) groups excluding carboxylic acids is 1. The summed E-state index contributed by atoms with van der Waals surface area (Å²) in [5.41, 5.74) is 8.24. The summed E-state index contributed by atoms with van der Waals surface area (Å²) in [4.78, 5) is 14.2. The van der Waals surface area contributed by atoms with Gasteiger partial charge in [-0.3, -0.25) is 4.79 Å². The Hall–Kier alpha value is -1.20. The second-order valence-electron chi connectivity index (χ2n) is 5.16. The quantitative estimate of drug-likeness (QED) is 0.759. The average molecular weight is 295 g/mol. The summed E-state index contributed by atoms with van der Waals surface area (Å²) in [6.45, 7) is 4.89. The predicted molar refractivity (Wildman–Crippen MR) is 89.3 cm³/mol. The van der Waals surface area contributed by atoms with Crippen LogP contribution in [0.5, 0.6) is 0 Å². The van der Waals surface area contributed by atoms with Crippen LogP contribution < -0.4 is 11.1 Å². The first kappa shape index (κ1) is 16.9. The van der Waals surface area contributed by atoms with Gasteiger partial charge in [0, 0.05) is 36.1 Å². The molecule has 20 heavy (non-hydrogen) atoms. The first-order chi connectivity index (χ1) is 9.43. The van der Waals surface area contributed by atoms with E-state index in [1.54, 1.807) is 6.07 Å². The number of nitrogen functional groups attached to an aromatic ring is 1. The fourth-order valence-electron chi connectivity index (χ4n) is 1.91. The van der Waals surface area contributed by atoms with Crippen molar-refractivity contribution in [2.75, 3.05) is 36.7 Å². The van der Waals surface area contributed by atoms with Crippen LogP contribution in [0.25, 0.3) is 0 Å². The van der Waals surface area contributed by atoms with Gasteiger partial charge in [-0.15, -0.1) is 0 Å². The van der Waals surface area contributed by atoms with E-state index in [2.05, 4.69) is 30.4 Å². The number of nitrogens with one attached hydrogen (secondary N) is 1. The molecule has 112 valence electrons. The van der Waals surface area contributed by atoms with Gasteiger partial charge < -0.3 is 16.0 Å². The molecule has 1 rings (SSSR count). The summed E-state index contributed by atoms with van der Waals surface area (Å²) < 4.78 is 0. The first-order valence-corrected chi connectivity index (χ1v) is 8.18. The van der Waals surface area contributed by atoms with Crippen LogP contribution in [0.1, 0.15) is 18.9 Å². The Labute approximate surface area is 126 Å². The summed E-state index contributed by atoms with van der Waals surface area (Å²) in [5.74, 6) is 1.12. The lowest BCUT2D eigenvalue weighted by atomic mass is 10.1. The molecule has 1 amide bonds. The van der Waals surface area contributed by atoms with E-state index in [0.29, 0.717) is 18.2 Å². The first-order valence-electron chi connectivity index (χ1n) is 6.79. The minimum Gasteiger partial charge on any atom is -0.399 e. The zero-order valence-corrected chi connectivity index (χ0v) is 13.6. The second-order valence-corrected chi connectivity index (χ2v) is 6.07. The maximum atomic E-state index is 12.0. The average Bonchev–Trinajstić information content (AvgIpc) is 2.39. The molecule has 0 fully saturated rings. The number of hydrogen-bond acceptors (Lipinski definition) is 4. The van der Waals surface area contributed by atoms with E-state index in [1.165, 1.54) is 0 Å². The molecule has 0 saturated heterocycles. The van der Waals surface area contributed by atoms with E-state index >= 15 is 0 Å². The summed E-state index contributed by atoms with van der Waals surface area (Å²) in [5, 5.41) is 2.94. The standard InChI is InChI=1S/C15H25N3OS/c1-11-9-13(16)5-6-14(11)17-15(19)7-8-18(3)12(2)10-20-4/h5-6,9,12H,7-8,10,16H2,1-4H3,(H,17,19). The number of thioether (sulfide) groups is 1. The second kappa shape index (κ2) is 8.17. The van der Waals surface area contributed by atoms with Gasteiger partial charge in [0.2, 0.25) is 5.91 Å². The molecule has 0 spiro atoms. The molecule has 0 aromatic heterocycles. The lowest BCUT2D eigenvalue weighted by Gasteiger charge is -2.23. The van der Waals surface area contributed by atoms with Crippen LogP contribution in [0, 0.1) is 6.92 Å². The highest BCUT2D eigenvalue weighted by Gasteiger charge is 2.11. The number of amides is 1. The predicted octanol–water partition coefficient (Wildman–Crippen LogP) is 2.59. The van der Waals surface area contributed by atoms with Gasteiger partial charge in [-0.2, -0.15) is 11.8 Å². The molecule has 0 radical (unpaired) electrons. The molecule has 1 aromatic carbocycles. The highest BCUT2D eigenvalue weighted by atomic mass is 32.2. The fraction of sp³-hybridized carbons (Fsp3) is 0.533. The number of carbonyl (C=O) groups is 1. The lowest BCUT2D eigenvalue weighted by molar-refractivity contribution is -0.116. The van der Waals surface area contributed by atoms with Gasteiger partial charge in [0.25, 0.3) is 0 Å². The highest BCUT2D eigenvalue weighted by molar-refractivity contribution is 7.98. The van der Waals surface area contributed by atoms with Gasteiger partial charge in [0.05, 0.1) is 0 Å². The molecule has 0 heterocycles. The molecule has 0 aliphatic heterocycles. The summed E-state index contributed by atoms with van der Waals surface area (Å²) in [7, 11) is 2.06. The SMILES string of the molecule is CSCC(C)N(C)CCC(=O)Nc1ccc(N)cc1C. The van der Waals surface area contributed by atoms with Crippen molar-refractivity contribution < 1.29 is 4.79 Å². The Kier molecular flexibility index (Phi) is 6.88. The van der Waals surface area contributed by atoms with Crippen molar-refractivity contribution in [2.24, 2.45) is 0 Å². The van der Waals surface area contributed by atoms with E-state index in [4.69, 9.17) is 5.73 Å². The Morgan fingerprint density at radius 2 is 2.20 bits per heavy atom. The maximum absolute atomic E-state index is 12.0. The Balaban J connectivity index is 2.44. The molecular weight excluding hydrogens is 270 g/mol. The molecule has 0 aliphatic carbocycles. The molecule has 1 unspecified atom stereocenters. The Morgan fingerprint density at radius 3 is 2.80 bits per heavy atom. The zero-order valence-electron chi connectivity index (χ0n) is 12.8. The minimum absolute atomic E-state index is 0.0427. The topological polar surface area (TPSA) is 58.4 Å². The van der Waals surface area contributed by atoms with E-state index in [1.807, 2.05) is 30.8 Å². The maximum Gasteiger partial charge on any atom is 0.225 e. The number of nitrogens with two attached hydrogens (primary N) is 1. The van der Waals surface area contributed by atoms with Crippen LogP contribution in [0.3, 0.4) is 0 Å². The van der Waals surface area contributed by atoms with Crippen LogP contribution in [-0.4, -0.2) is 42.4 Å². The van der Waals surface area contributed by atoms with Crippen molar-refractivity contribution >= 4 is 29.0 Å². The number of benzene rings is 1. The zero-order chi connectivity index (χ0) is 15.1. The summed E-state index contributed by atoms with van der Waals surface area (Å²) >= 11 is 1.82. The summed E-state index contributed by atoms with van der Waals surface area (Å²) in [6.07, 6.45) is 2.60. The molecule has 0 bridgehead atoms. The Morgan fingerprint density at radius 1 is 1.50 bits per heavy atom. The van der Waals surface area contributed by atoms with Gasteiger partial charge in [-0.1, -0.05) is 0 Å². The van der Waals surface area contributed by atoms with Gasteiger partial charge in [0.15, 0.2) is 0 Å². The monoisotopic (exact) mass is 295 g/mol. The molecule has 4 nitrogen and oxygen atoms in total. The van der Waals surface area contributed by atoms with Gasteiger partial charge >= 0.3 is 0 Å². The number of anilines is 2. The van der Waals surface area contributed by atoms with E-state index in [9.17, 15) is 4.79 Å². The van der Waals surface area contributed by atoms with Crippen LogP contribution >= 0.6 is 11.8 Å². The van der Waals surface area contributed by atoms with Crippen molar-refractivity contribution in [2.45, 2.75) is 26.3 Å². The van der Waals surface area contributed by atoms with Gasteiger partial charge in [-0.25, -0.2) is 0 Å². The van der Waals surface area contributed by atoms with E-state index in [0.717, 1.165) is 23.5 Å². The van der Waals surface area contributed by atoms with Gasteiger partial charge in [-0.05, 0) is 50.9 Å². The van der Waals surface area contributed by atoms with Crippen LogP contribution in [0.2, 0.25) is 0 Å². The smallest absolute Gasteiger partial charge is 0.225 e. The molecule has 3 N–H and O–H groups in total. The number of nitrogens with zero attached hydrogens (tertiary/aromatic N) is 1. The van der Waals surface area contributed by atoms with Crippen LogP contribution in [0.4, 0.5) is 11.4 Å². The van der Waals surface area contributed by atoms with Crippen LogP contribution in [0.15, 0.2) is 18.2 Å². The molecule has 1 aromatic rings. The Bertz CT molecular complexity index is 451. The molecule has 0 aliphatic rings. The number of hydrogen-bond donors (Lipinski definition) is 2. The van der Waals surface area contributed by atoms with Crippen molar-refractivity contribution in [3.63, 3.8) is 0 Å². The van der Waals surface area contributed by atoms with Crippen molar-refractivity contribution in [3.05, 3.63) is 23.8 Å². The minimum atomic E-state index is 0.0427. The number of aryl methyl sites for hydroxylation is 1. The third-order valence-electron chi connectivity index (χ3n) is 3.38. The molecule has 5 heteroatoms. The highest BCUT2D eigenvalue weighted by Crippen LogP contribution is 2.17. The largest absolute Gasteiger partial charge is 0.399 e. The van der Waals surface area contributed by atoms with E-state index < -0.39 is 0 Å². The van der Waals surface area contributed by atoms with Gasteiger partial charge in [0.1, 0.15) is 0 Å². The molecule has 0 saturated carbocycles. The normalized spacial score (nSPS) is 12.4. The molecular formula is C15H25N3OS. The van der Waals surface area contributed by atoms with Crippen molar-refractivity contribution in [3.8, 4) is 0 Å². The number of rotatable bonds is 7. The van der Waals surface area contributed by atoms with Crippen molar-refractivity contribution in [1.82, 2.24) is 4.90 Å². The van der Waals surface area contributed by atoms with E-state index in [-0.39, 0.29) is 5.91 Å². The van der Waals surface area contributed by atoms with Crippen molar-refractivity contribution in [1.29, 1.82) is 0 Å². The lowest BCUT2D eigenvalue weighted by Crippen LogP contribution is -2.33. The summed E-state index contributed by atoms with van der Waals surface area (Å²) in [6, 6.07) is 6.00. The molecule has 1 atom stereocenters. The fourth-order valence-corrected chi connectivity index (χ4v) is 2.64. The van der Waals surface area contributed by atoms with Crippen LogP contribution in [-0.2, 0) is 4.79 Å².